The monoisotopic (exact) mass is 616 g/mol. The van der Waals surface area contributed by atoms with E-state index in [1.54, 1.807) is 4.90 Å². The molecule has 3 atom stereocenters. The van der Waals surface area contributed by atoms with Gasteiger partial charge >= 0.3 is 0 Å². The van der Waals surface area contributed by atoms with Crippen molar-refractivity contribution in [3.63, 3.8) is 0 Å². The molecule has 0 aliphatic carbocycles. The van der Waals surface area contributed by atoms with E-state index in [-0.39, 0.29) is 48.9 Å². The molecule has 2 aromatic carbocycles. The van der Waals surface area contributed by atoms with Crippen LogP contribution in [0.4, 0.5) is 0 Å². The second kappa shape index (κ2) is 13.6. The van der Waals surface area contributed by atoms with Crippen LogP contribution in [0.2, 0.25) is 0 Å². The highest BCUT2D eigenvalue weighted by Crippen LogP contribution is 2.37. The number of aliphatic hydroxyl groups excluding tert-OH is 1. The minimum Gasteiger partial charge on any atom is -0.422 e. The highest BCUT2D eigenvalue weighted by atomic mass is 16.4. The Morgan fingerprint density at radius 2 is 1.69 bits per heavy atom. The molecule has 1 fully saturated rings. The predicted molar refractivity (Wildman–Crippen MR) is 172 cm³/mol. The van der Waals surface area contributed by atoms with E-state index in [0.717, 1.165) is 16.7 Å². The van der Waals surface area contributed by atoms with Crippen molar-refractivity contribution in [2.45, 2.75) is 98.8 Å². The van der Waals surface area contributed by atoms with Gasteiger partial charge in [-0.15, -0.1) is 10.2 Å². The Hall–Kier alpha value is -3.85. The number of benzene rings is 2. The third kappa shape index (κ3) is 8.25. The summed E-state index contributed by atoms with van der Waals surface area (Å²) in [4.78, 5) is 44.5. The first kappa shape index (κ1) is 34.0. The zero-order chi connectivity index (χ0) is 33.1. The van der Waals surface area contributed by atoms with Crippen LogP contribution in [0, 0.1) is 24.2 Å². The molecule has 9 heteroatoms. The van der Waals surface area contributed by atoms with Crippen LogP contribution >= 0.6 is 0 Å². The van der Waals surface area contributed by atoms with Gasteiger partial charge in [0, 0.05) is 36.3 Å². The van der Waals surface area contributed by atoms with Gasteiger partial charge in [-0.05, 0) is 51.2 Å². The van der Waals surface area contributed by atoms with Gasteiger partial charge in [0.25, 0.3) is 0 Å². The SMILES string of the molecule is Cc1cccc(Cc2nnc([C@H](O)C(C)(C)CN(C(=O)[C@H](Cc3ccccc3)N3C(=O)C[C@H](CC(C)C)C3=O)C(C)(C)C)o2)c1. The number of hydrogen-bond acceptors (Lipinski definition) is 7. The number of imide groups is 1. The maximum atomic E-state index is 14.6. The Morgan fingerprint density at radius 3 is 2.31 bits per heavy atom. The molecule has 1 saturated heterocycles. The molecule has 2 heterocycles. The lowest BCUT2D eigenvalue weighted by atomic mass is 9.84. The molecule has 4 rings (SSSR count). The van der Waals surface area contributed by atoms with Crippen molar-refractivity contribution in [2.75, 3.05) is 6.54 Å². The number of aliphatic hydroxyl groups is 1. The van der Waals surface area contributed by atoms with Crippen LogP contribution in [0.3, 0.4) is 0 Å². The van der Waals surface area contributed by atoms with Crippen molar-refractivity contribution in [3.8, 4) is 0 Å². The number of carbonyl (C=O) groups excluding carboxylic acids is 3. The average molecular weight is 617 g/mol. The first-order valence-corrected chi connectivity index (χ1v) is 15.8. The number of likely N-dealkylation sites (tertiary alicyclic amines) is 1. The molecule has 3 amide bonds. The van der Waals surface area contributed by atoms with Crippen molar-refractivity contribution in [1.82, 2.24) is 20.0 Å². The van der Waals surface area contributed by atoms with Crippen LogP contribution in [0.25, 0.3) is 0 Å². The fourth-order valence-electron chi connectivity index (χ4n) is 6.02. The molecule has 0 bridgehead atoms. The van der Waals surface area contributed by atoms with E-state index in [4.69, 9.17) is 4.42 Å². The van der Waals surface area contributed by atoms with Crippen molar-refractivity contribution in [3.05, 3.63) is 83.1 Å². The van der Waals surface area contributed by atoms with Gasteiger partial charge in [0.1, 0.15) is 12.1 Å². The first-order chi connectivity index (χ1) is 21.1. The van der Waals surface area contributed by atoms with Crippen molar-refractivity contribution in [2.24, 2.45) is 17.3 Å². The van der Waals surface area contributed by atoms with Crippen LogP contribution in [-0.4, -0.2) is 61.0 Å². The number of nitrogens with zero attached hydrogens (tertiary/aromatic N) is 4. The quantitative estimate of drug-likeness (QED) is 0.260. The summed E-state index contributed by atoms with van der Waals surface area (Å²) in [6.45, 7) is 15.6. The van der Waals surface area contributed by atoms with Gasteiger partial charge in [0.2, 0.25) is 29.5 Å². The summed E-state index contributed by atoms with van der Waals surface area (Å²) in [5.41, 5.74) is 1.38. The lowest BCUT2D eigenvalue weighted by molar-refractivity contribution is -0.155. The second-order valence-corrected chi connectivity index (χ2v) is 14.5. The van der Waals surface area contributed by atoms with Crippen molar-refractivity contribution < 1.29 is 23.9 Å². The lowest BCUT2D eigenvalue weighted by Gasteiger charge is -2.44. The van der Waals surface area contributed by atoms with Crippen LogP contribution in [0.1, 0.15) is 95.9 Å². The Labute approximate surface area is 267 Å². The molecular formula is C36H48N4O5. The molecule has 1 aliphatic rings. The molecular weight excluding hydrogens is 568 g/mol. The summed E-state index contributed by atoms with van der Waals surface area (Å²) in [6.07, 6.45) is 0.161. The van der Waals surface area contributed by atoms with Gasteiger partial charge in [-0.3, -0.25) is 19.3 Å². The predicted octanol–water partition coefficient (Wildman–Crippen LogP) is 5.69. The Kier molecular flexibility index (Phi) is 10.3. The summed E-state index contributed by atoms with van der Waals surface area (Å²) in [5.74, 6) is -0.681. The van der Waals surface area contributed by atoms with Crippen molar-refractivity contribution in [1.29, 1.82) is 0 Å². The molecule has 9 nitrogen and oxygen atoms in total. The summed E-state index contributed by atoms with van der Waals surface area (Å²) in [5, 5.41) is 19.8. The molecule has 242 valence electrons. The molecule has 0 saturated carbocycles. The van der Waals surface area contributed by atoms with Crippen molar-refractivity contribution >= 4 is 17.7 Å². The summed E-state index contributed by atoms with van der Waals surface area (Å²) in [7, 11) is 0. The van der Waals surface area contributed by atoms with Gasteiger partial charge in [0.15, 0.2) is 0 Å². The average Bonchev–Trinajstić information content (AvgIpc) is 3.52. The van der Waals surface area contributed by atoms with E-state index in [1.165, 1.54) is 4.90 Å². The number of rotatable bonds is 12. The lowest BCUT2D eigenvalue weighted by Crippen LogP contribution is -2.59. The van der Waals surface area contributed by atoms with E-state index in [1.807, 2.05) is 110 Å². The summed E-state index contributed by atoms with van der Waals surface area (Å²) < 4.78 is 5.91. The number of amides is 3. The highest BCUT2D eigenvalue weighted by molar-refractivity contribution is 6.07. The van der Waals surface area contributed by atoms with E-state index in [0.29, 0.717) is 18.7 Å². The van der Waals surface area contributed by atoms with E-state index in [2.05, 4.69) is 10.2 Å². The van der Waals surface area contributed by atoms with Crippen LogP contribution < -0.4 is 0 Å². The highest BCUT2D eigenvalue weighted by Gasteiger charge is 2.48. The smallest absolute Gasteiger partial charge is 0.246 e. The molecule has 45 heavy (non-hydrogen) atoms. The molecule has 3 aromatic rings. The molecule has 1 aromatic heterocycles. The van der Waals surface area contributed by atoms with Gasteiger partial charge in [-0.2, -0.15) is 0 Å². The second-order valence-electron chi connectivity index (χ2n) is 14.5. The Bertz CT molecular complexity index is 1490. The summed E-state index contributed by atoms with van der Waals surface area (Å²) >= 11 is 0. The number of aromatic nitrogens is 2. The van der Waals surface area contributed by atoms with Gasteiger partial charge in [-0.25, -0.2) is 0 Å². The van der Waals surface area contributed by atoms with E-state index >= 15 is 0 Å². The minimum atomic E-state index is -1.17. The zero-order valence-corrected chi connectivity index (χ0v) is 27.9. The van der Waals surface area contributed by atoms with Crippen LogP contribution in [0.5, 0.6) is 0 Å². The normalized spacial score (nSPS) is 17.2. The topological polar surface area (TPSA) is 117 Å². The Balaban J connectivity index is 1.61. The third-order valence-electron chi connectivity index (χ3n) is 8.44. The molecule has 0 spiro atoms. The molecule has 0 radical (unpaired) electrons. The maximum absolute atomic E-state index is 14.6. The van der Waals surface area contributed by atoms with E-state index in [9.17, 15) is 19.5 Å². The third-order valence-corrected chi connectivity index (χ3v) is 8.44. The number of hydrogen-bond donors (Lipinski definition) is 1. The maximum Gasteiger partial charge on any atom is 0.246 e. The standard InChI is InChI=1S/C36H48N4O5/c1-23(2)17-27-21-30(41)40(33(27)43)28(19-25-14-10-9-11-15-25)34(44)39(35(4,5)6)22-36(7,8)31(42)32-38-37-29(45-32)20-26-16-12-13-24(3)18-26/h9-16,18,23,27-28,31,42H,17,19-22H2,1-8H3/t27-,28-,31-/m0/s1. The first-order valence-electron chi connectivity index (χ1n) is 15.8. The largest absolute Gasteiger partial charge is 0.422 e. The van der Waals surface area contributed by atoms with Gasteiger partial charge in [0.05, 0.1) is 6.42 Å². The van der Waals surface area contributed by atoms with E-state index < -0.39 is 29.0 Å². The minimum absolute atomic E-state index is 0.0752. The number of carbonyl (C=O) groups is 3. The van der Waals surface area contributed by atoms with Crippen LogP contribution in [0.15, 0.2) is 59.0 Å². The number of aryl methyl sites for hydroxylation is 1. The molecule has 1 aliphatic heterocycles. The summed E-state index contributed by atoms with van der Waals surface area (Å²) in [6, 6.07) is 16.4. The molecule has 1 N–H and O–H groups in total. The van der Waals surface area contributed by atoms with Crippen LogP contribution in [-0.2, 0) is 27.2 Å². The fourth-order valence-corrected chi connectivity index (χ4v) is 6.02. The fraction of sp³-hybridized carbons (Fsp3) is 0.528. The van der Waals surface area contributed by atoms with Gasteiger partial charge in [-0.1, -0.05) is 87.9 Å². The Morgan fingerprint density at radius 1 is 1.02 bits per heavy atom. The zero-order valence-electron chi connectivity index (χ0n) is 27.9. The van der Waals surface area contributed by atoms with Gasteiger partial charge < -0.3 is 14.4 Å². The molecule has 0 unspecified atom stereocenters.